The van der Waals surface area contributed by atoms with E-state index < -0.39 is 12.1 Å². The van der Waals surface area contributed by atoms with Gasteiger partial charge in [-0.15, -0.1) is 0 Å². The first-order valence-corrected chi connectivity index (χ1v) is 6.85. The molecule has 1 fully saturated rings. The summed E-state index contributed by atoms with van der Waals surface area (Å²) in [7, 11) is 0. The predicted octanol–water partition coefficient (Wildman–Crippen LogP) is 1.74. The highest BCUT2D eigenvalue weighted by molar-refractivity contribution is 5.98. The fourth-order valence-electron chi connectivity index (χ4n) is 2.43. The first-order chi connectivity index (χ1) is 9.50. The van der Waals surface area contributed by atoms with Crippen molar-refractivity contribution in [2.75, 3.05) is 18.8 Å². The van der Waals surface area contributed by atoms with Crippen molar-refractivity contribution in [2.24, 2.45) is 0 Å². The van der Waals surface area contributed by atoms with Gasteiger partial charge in [-0.05, 0) is 38.3 Å². The molecular weight excluding hydrogens is 256 g/mol. The van der Waals surface area contributed by atoms with Gasteiger partial charge in [0.05, 0.1) is 5.56 Å². The standard InChI is InChI=1S/C15H20N2O3/c1-10-6-5-7-12(16)13(10)15(19)20-11(2)14(18)17-8-3-4-9-17/h5-7,11H,3-4,8-9,16H2,1-2H3. The fourth-order valence-corrected chi connectivity index (χ4v) is 2.43. The molecule has 1 unspecified atom stereocenters. The fraction of sp³-hybridized carbons (Fsp3) is 0.467. The Morgan fingerprint density at radius 1 is 1.30 bits per heavy atom. The number of anilines is 1. The number of nitrogens with zero attached hydrogens (tertiary/aromatic N) is 1. The number of hydrogen-bond donors (Lipinski definition) is 1. The minimum Gasteiger partial charge on any atom is -0.449 e. The van der Waals surface area contributed by atoms with E-state index in [4.69, 9.17) is 10.5 Å². The Labute approximate surface area is 118 Å². The third-order valence-electron chi connectivity index (χ3n) is 3.56. The maximum Gasteiger partial charge on any atom is 0.341 e. The van der Waals surface area contributed by atoms with Gasteiger partial charge >= 0.3 is 5.97 Å². The number of carbonyl (C=O) groups is 2. The summed E-state index contributed by atoms with van der Waals surface area (Å²) in [6.45, 7) is 4.88. The summed E-state index contributed by atoms with van der Waals surface area (Å²) in [5, 5.41) is 0. The molecule has 1 amide bonds. The minimum absolute atomic E-state index is 0.136. The zero-order valence-corrected chi connectivity index (χ0v) is 11.9. The van der Waals surface area contributed by atoms with Crippen molar-refractivity contribution >= 4 is 17.6 Å². The maximum atomic E-state index is 12.1. The number of hydrogen-bond acceptors (Lipinski definition) is 4. The highest BCUT2D eigenvalue weighted by atomic mass is 16.5. The predicted molar refractivity (Wildman–Crippen MR) is 76.3 cm³/mol. The summed E-state index contributed by atoms with van der Waals surface area (Å²) in [5.41, 5.74) is 7.26. The molecule has 1 aromatic rings. The monoisotopic (exact) mass is 276 g/mol. The van der Waals surface area contributed by atoms with Crippen molar-refractivity contribution in [2.45, 2.75) is 32.8 Å². The Kier molecular flexibility index (Phi) is 4.27. The van der Waals surface area contributed by atoms with Crippen LogP contribution in [0.3, 0.4) is 0 Å². The highest BCUT2D eigenvalue weighted by Gasteiger charge is 2.27. The van der Waals surface area contributed by atoms with E-state index in [0.29, 0.717) is 11.3 Å². The van der Waals surface area contributed by atoms with Gasteiger partial charge in [-0.2, -0.15) is 0 Å². The molecule has 20 heavy (non-hydrogen) atoms. The molecule has 1 aromatic carbocycles. The number of ether oxygens (including phenoxy) is 1. The lowest BCUT2D eigenvalue weighted by Gasteiger charge is -2.21. The zero-order valence-electron chi connectivity index (χ0n) is 11.9. The molecule has 5 heteroatoms. The van der Waals surface area contributed by atoms with E-state index in [2.05, 4.69) is 0 Å². The number of rotatable bonds is 3. The molecule has 1 aliphatic rings. The second-order valence-corrected chi connectivity index (χ2v) is 5.12. The molecule has 1 heterocycles. The van der Waals surface area contributed by atoms with E-state index in [1.165, 1.54) is 0 Å². The van der Waals surface area contributed by atoms with Gasteiger partial charge < -0.3 is 15.4 Å². The summed E-state index contributed by atoms with van der Waals surface area (Å²) in [5.74, 6) is -0.677. The molecule has 1 saturated heterocycles. The molecule has 108 valence electrons. The van der Waals surface area contributed by atoms with Gasteiger partial charge in [0, 0.05) is 18.8 Å². The molecule has 0 saturated carbocycles. The van der Waals surface area contributed by atoms with E-state index in [-0.39, 0.29) is 5.91 Å². The quantitative estimate of drug-likeness (QED) is 0.674. The largest absolute Gasteiger partial charge is 0.449 e. The summed E-state index contributed by atoms with van der Waals surface area (Å²) in [4.78, 5) is 26.0. The maximum absolute atomic E-state index is 12.1. The Morgan fingerprint density at radius 2 is 1.95 bits per heavy atom. The summed E-state index contributed by atoms with van der Waals surface area (Å²) in [6.07, 6.45) is 1.24. The lowest BCUT2D eigenvalue weighted by molar-refractivity contribution is -0.138. The van der Waals surface area contributed by atoms with Crippen LogP contribution in [-0.4, -0.2) is 36.0 Å². The molecule has 5 nitrogen and oxygen atoms in total. The lowest BCUT2D eigenvalue weighted by Crippen LogP contribution is -2.38. The molecule has 2 N–H and O–H groups in total. The summed E-state index contributed by atoms with van der Waals surface area (Å²) < 4.78 is 5.26. The average molecular weight is 276 g/mol. The van der Waals surface area contributed by atoms with E-state index in [9.17, 15) is 9.59 Å². The van der Waals surface area contributed by atoms with Crippen molar-refractivity contribution in [1.82, 2.24) is 4.90 Å². The average Bonchev–Trinajstić information content (AvgIpc) is 2.91. The minimum atomic E-state index is -0.778. The van der Waals surface area contributed by atoms with Crippen molar-refractivity contribution in [3.05, 3.63) is 29.3 Å². The van der Waals surface area contributed by atoms with Crippen molar-refractivity contribution < 1.29 is 14.3 Å². The van der Waals surface area contributed by atoms with Crippen LogP contribution in [0.1, 0.15) is 35.7 Å². The molecule has 0 aliphatic carbocycles. The molecule has 1 atom stereocenters. The Morgan fingerprint density at radius 3 is 2.55 bits per heavy atom. The molecule has 0 spiro atoms. The summed E-state index contributed by atoms with van der Waals surface area (Å²) in [6, 6.07) is 5.22. The first kappa shape index (κ1) is 14.4. The van der Waals surface area contributed by atoms with E-state index >= 15 is 0 Å². The number of nitrogens with two attached hydrogens (primary N) is 1. The third kappa shape index (κ3) is 2.92. The molecule has 0 aromatic heterocycles. The summed E-state index contributed by atoms with van der Waals surface area (Å²) >= 11 is 0. The van der Waals surface area contributed by atoms with Crippen LogP contribution >= 0.6 is 0 Å². The topological polar surface area (TPSA) is 72.6 Å². The molecule has 0 bridgehead atoms. The lowest BCUT2D eigenvalue weighted by atomic mass is 10.1. The number of likely N-dealkylation sites (tertiary alicyclic amines) is 1. The number of nitrogen functional groups attached to an aromatic ring is 1. The van der Waals surface area contributed by atoms with Gasteiger partial charge in [-0.3, -0.25) is 4.79 Å². The van der Waals surface area contributed by atoms with Crippen LogP contribution in [0.4, 0.5) is 5.69 Å². The first-order valence-electron chi connectivity index (χ1n) is 6.85. The molecule has 1 aliphatic heterocycles. The van der Waals surface area contributed by atoms with E-state index in [1.54, 1.807) is 36.9 Å². The zero-order chi connectivity index (χ0) is 14.7. The van der Waals surface area contributed by atoms with Gasteiger partial charge in [0.25, 0.3) is 5.91 Å². The van der Waals surface area contributed by atoms with Gasteiger partial charge in [0.1, 0.15) is 0 Å². The second-order valence-electron chi connectivity index (χ2n) is 5.12. The van der Waals surface area contributed by atoms with Crippen LogP contribution in [0.2, 0.25) is 0 Å². The number of esters is 1. The Bertz CT molecular complexity index is 502. The Balaban J connectivity index is 2.05. The van der Waals surface area contributed by atoms with Crippen LogP contribution in [-0.2, 0) is 9.53 Å². The van der Waals surface area contributed by atoms with Crippen LogP contribution < -0.4 is 5.73 Å². The number of benzene rings is 1. The SMILES string of the molecule is Cc1cccc(N)c1C(=O)OC(C)C(=O)N1CCCC1. The third-order valence-corrected chi connectivity index (χ3v) is 3.56. The molecular formula is C15H20N2O3. The van der Waals surface area contributed by atoms with Crippen LogP contribution in [0.15, 0.2) is 18.2 Å². The van der Waals surface area contributed by atoms with Gasteiger partial charge in [0.2, 0.25) is 0 Å². The second kappa shape index (κ2) is 5.94. The molecule has 0 radical (unpaired) electrons. The van der Waals surface area contributed by atoms with Gasteiger partial charge in [-0.1, -0.05) is 12.1 Å². The van der Waals surface area contributed by atoms with Crippen molar-refractivity contribution in [3.8, 4) is 0 Å². The highest BCUT2D eigenvalue weighted by Crippen LogP contribution is 2.19. The van der Waals surface area contributed by atoms with Gasteiger partial charge in [-0.25, -0.2) is 4.79 Å². The van der Waals surface area contributed by atoms with Crippen molar-refractivity contribution in [3.63, 3.8) is 0 Å². The Hall–Kier alpha value is -2.04. The van der Waals surface area contributed by atoms with E-state index in [0.717, 1.165) is 31.5 Å². The number of amides is 1. The smallest absolute Gasteiger partial charge is 0.341 e. The normalized spacial score (nSPS) is 16.0. The van der Waals surface area contributed by atoms with Gasteiger partial charge in [0.15, 0.2) is 6.10 Å². The van der Waals surface area contributed by atoms with E-state index in [1.807, 2.05) is 0 Å². The number of aryl methyl sites for hydroxylation is 1. The molecule has 2 rings (SSSR count). The van der Waals surface area contributed by atoms with Crippen molar-refractivity contribution in [1.29, 1.82) is 0 Å². The van der Waals surface area contributed by atoms with Crippen LogP contribution in [0.25, 0.3) is 0 Å². The van der Waals surface area contributed by atoms with Crippen LogP contribution in [0, 0.1) is 6.92 Å². The number of carbonyl (C=O) groups excluding carboxylic acids is 2. The van der Waals surface area contributed by atoms with Crippen LogP contribution in [0.5, 0.6) is 0 Å².